The van der Waals surface area contributed by atoms with Gasteiger partial charge in [0, 0.05) is 0 Å². The Morgan fingerprint density at radius 3 is 2.61 bits per heavy atom. The van der Waals surface area contributed by atoms with E-state index in [0.717, 1.165) is 11.3 Å². The summed E-state index contributed by atoms with van der Waals surface area (Å²) in [6.07, 6.45) is 1.52. The fourth-order valence-electron chi connectivity index (χ4n) is 2.12. The first kappa shape index (κ1) is 14.8. The molecule has 0 aliphatic carbocycles. The molecule has 0 saturated carbocycles. The van der Waals surface area contributed by atoms with E-state index >= 15 is 0 Å². The highest BCUT2D eigenvalue weighted by Gasteiger charge is 2.14. The van der Waals surface area contributed by atoms with Crippen molar-refractivity contribution in [2.45, 2.75) is 6.92 Å². The number of carbonyl (C=O) groups is 1. The van der Waals surface area contributed by atoms with Gasteiger partial charge < -0.3 is 10.1 Å². The van der Waals surface area contributed by atoms with Crippen LogP contribution < -0.4 is 10.1 Å². The van der Waals surface area contributed by atoms with E-state index in [1.807, 2.05) is 43.3 Å². The van der Waals surface area contributed by atoms with Crippen LogP contribution in [0.2, 0.25) is 0 Å². The standard InChI is InChI=1S/C17H16N4O2/c1-12-7-9-13(10-8-12)21-11-18-16(20-21)17(22)19-14-5-3-4-6-15(14)23-2/h3-11H,1-2H3,(H,19,22). The summed E-state index contributed by atoms with van der Waals surface area (Å²) in [7, 11) is 1.55. The molecule has 2 aromatic carbocycles. The highest BCUT2D eigenvalue weighted by Crippen LogP contribution is 2.23. The highest BCUT2D eigenvalue weighted by molar-refractivity contribution is 6.02. The molecule has 1 aromatic heterocycles. The van der Waals surface area contributed by atoms with Crippen LogP contribution in [0.5, 0.6) is 5.75 Å². The molecule has 0 spiro atoms. The van der Waals surface area contributed by atoms with Crippen molar-refractivity contribution in [2.24, 2.45) is 0 Å². The molecule has 0 radical (unpaired) electrons. The molecular weight excluding hydrogens is 292 g/mol. The Kier molecular flexibility index (Phi) is 4.05. The second-order valence-corrected chi connectivity index (χ2v) is 5.00. The number of amides is 1. The molecule has 0 bridgehead atoms. The molecule has 0 aliphatic rings. The smallest absolute Gasteiger partial charge is 0.295 e. The van der Waals surface area contributed by atoms with E-state index < -0.39 is 0 Å². The van der Waals surface area contributed by atoms with E-state index in [1.54, 1.807) is 23.9 Å². The number of methoxy groups -OCH3 is 1. The van der Waals surface area contributed by atoms with Gasteiger partial charge in [0.2, 0.25) is 5.82 Å². The normalized spacial score (nSPS) is 10.3. The van der Waals surface area contributed by atoms with E-state index in [-0.39, 0.29) is 11.7 Å². The van der Waals surface area contributed by atoms with Gasteiger partial charge in [0.1, 0.15) is 12.1 Å². The molecule has 1 heterocycles. The van der Waals surface area contributed by atoms with E-state index in [4.69, 9.17) is 4.74 Å². The van der Waals surface area contributed by atoms with Crippen LogP contribution in [0.15, 0.2) is 54.9 Å². The van der Waals surface area contributed by atoms with Crippen LogP contribution in [0.25, 0.3) is 5.69 Å². The first-order valence-corrected chi connectivity index (χ1v) is 7.10. The molecule has 6 heteroatoms. The minimum Gasteiger partial charge on any atom is -0.495 e. The number of carbonyl (C=O) groups excluding carboxylic acids is 1. The predicted molar refractivity (Wildman–Crippen MR) is 87.0 cm³/mol. The van der Waals surface area contributed by atoms with E-state index in [0.29, 0.717) is 11.4 Å². The Bertz CT molecular complexity index is 825. The lowest BCUT2D eigenvalue weighted by Gasteiger charge is -2.08. The van der Waals surface area contributed by atoms with E-state index in [1.165, 1.54) is 6.33 Å². The summed E-state index contributed by atoms with van der Waals surface area (Å²) in [5.41, 5.74) is 2.58. The molecule has 0 atom stereocenters. The van der Waals surface area contributed by atoms with E-state index in [9.17, 15) is 4.79 Å². The summed E-state index contributed by atoms with van der Waals surface area (Å²) in [6.45, 7) is 2.01. The molecule has 23 heavy (non-hydrogen) atoms. The summed E-state index contributed by atoms with van der Waals surface area (Å²) < 4.78 is 6.77. The Morgan fingerprint density at radius 2 is 1.87 bits per heavy atom. The Morgan fingerprint density at radius 1 is 1.13 bits per heavy atom. The van der Waals surface area contributed by atoms with Gasteiger partial charge >= 0.3 is 0 Å². The van der Waals surface area contributed by atoms with Crippen LogP contribution in [0, 0.1) is 6.92 Å². The van der Waals surface area contributed by atoms with Crippen molar-refractivity contribution in [1.29, 1.82) is 0 Å². The van der Waals surface area contributed by atoms with Crippen LogP contribution in [-0.2, 0) is 0 Å². The summed E-state index contributed by atoms with van der Waals surface area (Å²) in [5, 5.41) is 6.96. The van der Waals surface area contributed by atoms with Crippen LogP contribution in [0.3, 0.4) is 0 Å². The molecule has 6 nitrogen and oxygen atoms in total. The highest BCUT2D eigenvalue weighted by atomic mass is 16.5. The maximum atomic E-state index is 12.3. The van der Waals surface area contributed by atoms with Crippen LogP contribution >= 0.6 is 0 Å². The second kappa shape index (κ2) is 6.31. The molecular formula is C17H16N4O2. The molecule has 0 saturated heterocycles. The van der Waals surface area contributed by atoms with Gasteiger partial charge in [0.05, 0.1) is 18.5 Å². The van der Waals surface area contributed by atoms with Crippen LogP contribution in [0.1, 0.15) is 16.2 Å². The number of rotatable bonds is 4. The number of anilines is 1. The molecule has 3 rings (SSSR count). The van der Waals surface area contributed by atoms with Crippen molar-refractivity contribution < 1.29 is 9.53 Å². The third-order valence-electron chi connectivity index (χ3n) is 3.35. The van der Waals surface area contributed by atoms with E-state index in [2.05, 4.69) is 15.4 Å². The molecule has 1 amide bonds. The van der Waals surface area contributed by atoms with Crippen LogP contribution in [0.4, 0.5) is 5.69 Å². The summed E-state index contributed by atoms with van der Waals surface area (Å²) in [5.74, 6) is 0.288. The largest absolute Gasteiger partial charge is 0.495 e. The number of aryl methyl sites for hydroxylation is 1. The zero-order valence-corrected chi connectivity index (χ0v) is 12.9. The fraction of sp³-hybridized carbons (Fsp3) is 0.118. The number of ether oxygens (including phenoxy) is 1. The zero-order chi connectivity index (χ0) is 16.2. The van der Waals surface area contributed by atoms with Gasteiger partial charge in [0.25, 0.3) is 5.91 Å². The molecule has 3 aromatic rings. The lowest BCUT2D eigenvalue weighted by molar-refractivity contribution is 0.101. The number of benzene rings is 2. The number of hydrogen-bond donors (Lipinski definition) is 1. The number of aromatic nitrogens is 3. The van der Waals surface area contributed by atoms with Crippen LogP contribution in [-0.4, -0.2) is 27.8 Å². The molecule has 116 valence electrons. The number of nitrogens with one attached hydrogen (secondary N) is 1. The van der Waals surface area contributed by atoms with Crippen molar-refractivity contribution >= 4 is 11.6 Å². The van der Waals surface area contributed by atoms with Crippen molar-refractivity contribution in [1.82, 2.24) is 14.8 Å². The minimum absolute atomic E-state index is 0.0940. The number of para-hydroxylation sites is 2. The Balaban J connectivity index is 1.80. The maximum Gasteiger partial charge on any atom is 0.295 e. The summed E-state index contributed by atoms with van der Waals surface area (Å²) in [6, 6.07) is 15.0. The van der Waals surface area contributed by atoms with Gasteiger partial charge in [-0.05, 0) is 31.2 Å². The van der Waals surface area contributed by atoms with Gasteiger partial charge in [-0.2, -0.15) is 0 Å². The molecule has 0 fully saturated rings. The zero-order valence-electron chi connectivity index (χ0n) is 12.9. The lowest BCUT2D eigenvalue weighted by atomic mass is 10.2. The molecule has 0 unspecified atom stereocenters. The monoisotopic (exact) mass is 308 g/mol. The summed E-state index contributed by atoms with van der Waals surface area (Å²) >= 11 is 0. The first-order chi connectivity index (χ1) is 11.2. The average Bonchev–Trinajstić information content (AvgIpc) is 3.06. The average molecular weight is 308 g/mol. The van der Waals surface area contributed by atoms with Gasteiger partial charge in [0.15, 0.2) is 0 Å². The maximum absolute atomic E-state index is 12.3. The van der Waals surface area contributed by atoms with Gasteiger partial charge in [-0.15, -0.1) is 5.10 Å². The summed E-state index contributed by atoms with van der Waals surface area (Å²) in [4.78, 5) is 16.3. The molecule has 0 aliphatic heterocycles. The second-order valence-electron chi connectivity index (χ2n) is 5.00. The SMILES string of the molecule is COc1ccccc1NC(=O)c1ncn(-c2ccc(C)cc2)n1. The number of hydrogen-bond acceptors (Lipinski definition) is 4. The third-order valence-corrected chi connectivity index (χ3v) is 3.35. The fourth-order valence-corrected chi connectivity index (χ4v) is 2.12. The Labute approximate surface area is 133 Å². The first-order valence-electron chi connectivity index (χ1n) is 7.10. The van der Waals surface area contributed by atoms with Crippen molar-refractivity contribution in [3.8, 4) is 11.4 Å². The molecule has 1 N–H and O–H groups in total. The number of nitrogens with zero attached hydrogens (tertiary/aromatic N) is 3. The van der Waals surface area contributed by atoms with Gasteiger partial charge in [-0.3, -0.25) is 4.79 Å². The lowest BCUT2D eigenvalue weighted by Crippen LogP contribution is -2.14. The van der Waals surface area contributed by atoms with Gasteiger partial charge in [-0.1, -0.05) is 29.8 Å². The van der Waals surface area contributed by atoms with Gasteiger partial charge in [-0.25, -0.2) is 9.67 Å². The third kappa shape index (κ3) is 3.21. The van der Waals surface area contributed by atoms with Crippen molar-refractivity contribution in [2.75, 3.05) is 12.4 Å². The predicted octanol–water partition coefficient (Wildman–Crippen LogP) is 2.84. The topological polar surface area (TPSA) is 69.0 Å². The minimum atomic E-state index is -0.389. The quantitative estimate of drug-likeness (QED) is 0.804. The Hall–Kier alpha value is -3.15. The van der Waals surface area contributed by atoms with Crippen molar-refractivity contribution in [3.05, 3.63) is 66.2 Å². The van der Waals surface area contributed by atoms with Crippen molar-refractivity contribution in [3.63, 3.8) is 0 Å².